The molecular weight excluding hydrogens is 462 g/mol. The standard InChI is InChI=1S/C20H23F4N7O3/c1-10(2)26-19(32)34-14-4-3-12(17(14)21)13-7-15(30-29-13)28-18-25-6-5-16-27-11(8-31(16)18)9-33-20(22,23)24/h5-8,10,12,14,17H,3-4,9H2,1-2H3,(H,26,32)(H2,25,28,29,30)/t12-,14-,17+/m1/s1. The number of rotatable bonds is 7. The van der Waals surface area contributed by atoms with E-state index in [1.54, 1.807) is 19.9 Å². The summed E-state index contributed by atoms with van der Waals surface area (Å²) in [5, 5.41) is 12.4. The van der Waals surface area contributed by atoms with E-state index in [4.69, 9.17) is 4.74 Å². The van der Waals surface area contributed by atoms with Crippen LogP contribution in [0.2, 0.25) is 0 Å². The highest BCUT2D eigenvalue weighted by atomic mass is 19.4. The van der Waals surface area contributed by atoms with E-state index in [0.29, 0.717) is 30.0 Å². The summed E-state index contributed by atoms with van der Waals surface area (Å²) in [5.74, 6) is 0.0324. The third kappa shape index (κ3) is 5.55. The first-order chi connectivity index (χ1) is 16.1. The van der Waals surface area contributed by atoms with E-state index in [-0.39, 0.29) is 17.7 Å². The largest absolute Gasteiger partial charge is 0.522 e. The molecule has 1 aliphatic rings. The van der Waals surface area contributed by atoms with Gasteiger partial charge in [0.1, 0.15) is 17.9 Å². The summed E-state index contributed by atoms with van der Waals surface area (Å²) >= 11 is 0. The molecule has 0 unspecified atom stereocenters. The molecule has 0 aliphatic heterocycles. The van der Waals surface area contributed by atoms with Gasteiger partial charge in [0.15, 0.2) is 5.82 Å². The minimum absolute atomic E-state index is 0.0647. The summed E-state index contributed by atoms with van der Waals surface area (Å²) in [4.78, 5) is 20.0. The molecule has 3 aromatic rings. The molecule has 184 valence electrons. The number of imidazole rings is 1. The number of H-pyrrole nitrogens is 1. The van der Waals surface area contributed by atoms with Gasteiger partial charge in [0.2, 0.25) is 5.95 Å². The number of aromatic amines is 1. The minimum atomic E-state index is -4.77. The molecule has 3 aromatic heterocycles. The van der Waals surface area contributed by atoms with E-state index in [0.717, 1.165) is 0 Å². The molecule has 1 amide bonds. The van der Waals surface area contributed by atoms with Crippen LogP contribution in [-0.4, -0.2) is 55.3 Å². The number of hydrogen-bond acceptors (Lipinski definition) is 7. The van der Waals surface area contributed by atoms with Gasteiger partial charge in [-0.3, -0.25) is 14.2 Å². The fourth-order valence-electron chi connectivity index (χ4n) is 3.77. The average Bonchev–Trinajstić information content (AvgIpc) is 3.45. The number of nitrogens with one attached hydrogen (secondary N) is 3. The van der Waals surface area contributed by atoms with Gasteiger partial charge in [-0.15, -0.1) is 13.2 Å². The molecule has 0 saturated heterocycles. The number of carbonyl (C=O) groups excluding carboxylic acids is 1. The number of alkyl halides is 4. The highest BCUT2D eigenvalue weighted by molar-refractivity contribution is 5.67. The van der Waals surface area contributed by atoms with Crippen molar-refractivity contribution in [3.63, 3.8) is 0 Å². The Morgan fingerprint density at radius 2 is 2.15 bits per heavy atom. The summed E-state index contributed by atoms with van der Waals surface area (Å²) in [6.45, 7) is 2.82. The van der Waals surface area contributed by atoms with Crippen molar-refractivity contribution in [1.82, 2.24) is 29.9 Å². The van der Waals surface area contributed by atoms with Crippen molar-refractivity contribution in [3.05, 3.63) is 35.9 Å². The number of ether oxygens (including phenoxy) is 2. The predicted molar refractivity (Wildman–Crippen MR) is 111 cm³/mol. The van der Waals surface area contributed by atoms with Crippen molar-refractivity contribution in [2.45, 2.75) is 63.9 Å². The number of halogens is 4. The van der Waals surface area contributed by atoms with Gasteiger partial charge in [-0.1, -0.05) is 0 Å². The van der Waals surface area contributed by atoms with E-state index in [1.807, 2.05) is 0 Å². The van der Waals surface area contributed by atoms with Crippen LogP contribution in [0.5, 0.6) is 0 Å². The summed E-state index contributed by atoms with van der Waals surface area (Å²) in [7, 11) is 0. The molecule has 0 radical (unpaired) electrons. The van der Waals surface area contributed by atoms with Crippen molar-refractivity contribution in [2.24, 2.45) is 0 Å². The topological polar surface area (TPSA) is 118 Å². The van der Waals surface area contributed by atoms with Crippen LogP contribution in [0.25, 0.3) is 5.65 Å². The van der Waals surface area contributed by atoms with E-state index < -0.39 is 37.3 Å². The number of hydrogen-bond donors (Lipinski definition) is 3. The molecule has 34 heavy (non-hydrogen) atoms. The zero-order valence-electron chi connectivity index (χ0n) is 18.3. The highest BCUT2D eigenvalue weighted by Crippen LogP contribution is 2.38. The van der Waals surface area contributed by atoms with Crippen LogP contribution < -0.4 is 10.6 Å². The second kappa shape index (κ2) is 9.44. The zero-order valence-corrected chi connectivity index (χ0v) is 18.3. The molecule has 3 N–H and O–H groups in total. The van der Waals surface area contributed by atoms with E-state index in [1.165, 1.54) is 22.9 Å². The first-order valence-electron chi connectivity index (χ1n) is 10.6. The lowest BCUT2D eigenvalue weighted by Crippen LogP contribution is -2.36. The maximum Gasteiger partial charge on any atom is 0.522 e. The molecule has 10 nitrogen and oxygen atoms in total. The number of alkyl carbamates (subject to hydrolysis) is 1. The van der Waals surface area contributed by atoms with Crippen molar-refractivity contribution in [2.75, 3.05) is 5.32 Å². The quantitative estimate of drug-likeness (QED) is 0.434. The number of anilines is 2. The Labute approximate surface area is 191 Å². The Kier molecular flexibility index (Phi) is 6.59. The summed E-state index contributed by atoms with van der Waals surface area (Å²) < 4.78 is 62.4. The lowest BCUT2D eigenvalue weighted by Gasteiger charge is -2.18. The Morgan fingerprint density at radius 3 is 2.88 bits per heavy atom. The molecule has 0 spiro atoms. The lowest BCUT2D eigenvalue weighted by molar-refractivity contribution is -0.330. The molecule has 14 heteroatoms. The van der Waals surface area contributed by atoms with Crippen LogP contribution in [0, 0.1) is 0 Å². The summed E-state index contributed by atoms with van der Waals surface area (Å²) in [6.07, 6.45) is -4.06. The summed E-state index contributed by atoms with van der Waals surface area (Å²) in [5.41, 5.74) is 0.936. The van der Waals surface area contributed by atoms with Crippen LogP contribution in [0.3, 0.4) is 0 Å². The molecule has 0 aromatic carbocycles. The third-order valence-corrected chi connectivity index (χ3v) is 5.22. The molecule has 3 atom stereocenters. The third-order valence-electron chi connectivity index (χ3n) is 5.22. The lowest BCUT2D eigenvalue weighted by atomic mass is 10.0. The van der Waals surface area contributed by atoms with Gasteiger partial charge >= 0.3 is 12.5 Å². The number of nitrogens with zero attached hydrogens (tertiary/aromatic N) is 4. The van der Waals surface area contributed by atoms with Gasteiger partial charge < -0.3 is 15.4 Å². The van der Waals surface area contributed by atoms with Gasteiger partial charge in [-0.25, -0.2) is 19.2 Å². The van der Waals surface area contributed by atoms with E-state index >= 15 is 0 Å². The van der Waals surface area contributed by atoms with Crippen LogP contribution in [0.15, 0.2) is 24.5 Å². The first kappa shape index (κ1) is 23.7. The normalized spacial score (nSPS) is 20.7. The van der Waals surface area contributed by atoms with E-state index in [2.05, 4.69) is 35.5 Å². The van der Waals surface area contributed by atoms with Crippen molar-refractivity contribution in [3.8, 4) is 0 Å². The van der Waals surface area contributed by atoms with Crippen LogP contribution in [0.1, 0.15) is 44.0 Å². The highest BCUT2D eigenvalue weighted by Gasteiger charge is 2.41. The second-order valence-corrected chi connectivity index (χ2v) is 8.17. The second-order valence-electron chi connectivity index (χ2n) is 8.17. The number of aromatic nitrogens is 5. The van der Waals surface area contributed by atoms with Gasteiger partial charge in [-0.2, -0.15) is 5.10 Å². The van der Waals surface area contributed by atoms with Crippen LogP contribution >= 0.6 is 0 Å². The van der Waals surface area contributed by atoms with Crippen LogP contribution in [-0.2, 0) is 16.1 Å². The van der Waals surface area contributed by atoms with Gasteiger partial charge in [0.25, 0.3) is 0 Å². The van der Waals surface area contributed by atoms with Crippen LogP contribution in [0.4, 0.5) is 34.1 Å². The zero-order chi connectivity index (χ0) is 24.5. The maximum atomic E-state index is 14.9. The monoisotopic (exact) mass is 485 g/mol. The molecule has 1 aliphatic carbocycles. The fourth-order valence-corrected chi connectivity index (χ4v) is 3.77. The Balaban J connectivity index is 1.43. The molecule has 3 heterocycles. The number of carbonyl (C=O) groups is 1. The van der Waals surface area contributed by atoms with Gasteiger partial charge in [-0.05, 0) is 32.8 Å². The average molecular weight is 485 g/mol. The predicted octanol–water partition coefficient (Wildman–Crippen LogP) is 3.95. The first-order valence-corrected chi connectivity index (χ1v) is 10.6. The molecule has 4 rings (SSSR count). The van der Waals surface area contributed by atoms with Crippen molar-refractivity contribution >= 4 is 23.5 Å². The smallest absolute Gasteiger partial charge is 0.443 e. The maximum absolute atomic E-state index is 14.9. The van der Waals surface area contributed by atoms with Gasteiger partial charge in [0.05, 0.1) is 12.3 Å². The number of amides is 1. The molecular formula is C20H23F4N7O3. The molecule has 1 fully saturated rings. The van der Waals surface area contributed by atoms with E-state index in [9.17, 15) is 22.4 Å². The Bertz CT molecular complexity index is 1150. The summed E-state index contributed by atoms with van der Waals surface area (Å²) in [6, 6.07) is 3.02. The Hall–Kier alpha value is -3.42. The SMILES string of the molecule is CC(C)NC(=O)O[C@@H]1CC[C@H](c2cc(Nc3nccc4nc(COC(F)(F)F)cn34)n[nH]2)[C@@H]1F. The Morgan fingerprint density at radius 1 is 1.35 bits per heavy atom. The van der Waals surface area contributed by atoms with Gasteiger partial charge in [0, 0.05) is 36.1 Å². The molecule has 0 bridgehead atoms. The molecule has 1 saturated carbocycles. The fraction of sp³-hybridized carbons (Fsp3) is 0.500. The number of fused-ring (bicyclic) bond motifs is 1. The van der Waals surface area contributed by atoms with Crippen molar-refractivity contribution in [1.29, 1.82) is 0 Å². The minimum Gasteiger partial charge on any atom is -0.443 e. The van der Waals surface area contributed by atoms with Crippen molar-refractivity contribution < 1.29 is 31.8 Å².